The number of ether oxygens (including phenoxy) is 1. The summed E-state index contributed by atoms with van der Waals surface area (Å²) in [4.78, 5) is 11.0. The van der Waals surface area contributed by atoms with Crippen LogP contribution in [0.3, 0.4) is 0 Å². The molecule has 0 spiro atoms. The molecule has 82 valence electrons. The topological polar surface area (TPSA) is 26.3 Å². The monoisotopic (exact) mass is 230 g/mol. The normalized spacial score (nSPS) is 12.3. The molecule has 0 saturated heterocycles. The second kappa shape index (κ2) is 5.12. The summed E-state index contributed by atoms with van der Waals surface area (Å²) >= 11 is 5.55. The molecule has 0 saturated carbocycles. The number of carbonyl (C=O) groups excluding carboxylic acids is 1. The minimum absolute atomic E-state index is 0.0794. The molecule has 0 aliphatic rings. The van der Waals surface area contributed by atoms with Crippen molar-refractivity contribution in [2.45, 2.75) is 19.3 Å². The number of esters is 1. The van der Waals surface area contributed by atoms with Crippen molar-refractivity contribution in [2.24, 2.45) is 0 Å². The van der Waals surface area contributed by atoms with E-state index in [2.05, 4.69) is 4.74 Å². The second-order valence-electron chi connectivity index (χ2n) is 3.35. The molecule has 0 aliphatic heterocycles. The molecule has 15 heavy (non-hydrogen) atoms. The van der Waals surface area contributed by atoms with Crippen LogP contribution in [-0.2, 0) is 9.53 Å². The third kappa shape index (κ3) is 3.20. The van der Waals surface area contributed by atoms with Gasteiger partial charge in [-0.25, -0.2) is 4.39 Å². The van der Waals surface area contributed by atoms with Crippen LogP contribution in [0.2, 0.25) is 5.02 Å². The van der Waals surface area contributed by atoms with Gasteiger partial charge in [-0.05, 0) is 23.6 Å². The average molecular weight is 231 g/mol. The van der Waals surface area contributed by atoms with E-state index >= 15 is 0 Å². The summed E-state index contributed by atoms with van der Waals surface area (Å²) in [5.41, 5.74) is 0.738. The zero-order valence-electron chi connectivity index (χ0n) is 8.59. The Morgan fingerprint density at radius 1 is 1.60 bits per heavy atom. The fraction of sp³-hybridized carbons (Fsp3) is 0.364. The van der Waals surface area contributed by atoms with Crippen molar-refractivity contribution in [2.75, 3.05) is 7.11 Å². The van der Waals surface area contributed by atoms with Crippen molar-refractivity contribution in [1.29, 1.82) is 0 Å². The van der Waals surface area contributed by atoms with Crippen LogP contribution in [0.25, 0.3) is 0 Å². The zero-order valence-corrected chi connectivity index (χ0v) is 9.34. The molecule has 0 amide bonds. The van der Waals surface area contributed by atoms with Gasteiger partial charge in [-0.15, -0.1) is 0 Å². The molecule has 0 aliphatic carbocycles. The average Bonchev–Trinajstić information content (AvgIpc) is 2.21. The highest BCUT2D eigenvalue weighted by Gasteiger charge is 2.12. The van der Waals surface area contributed by atoms with Gasteiger partial charge in [0, 0.05) is 0 Å². The van der Waals surface area contributed by atoms with Gasteiger partial charge in [0.2, 0.25) is 0 Å². The van der Waals surface area contributed by atoms with Crippen LogP contribution < -0.4 is 0 Å². The number of carbonyl (C=O) groups is 1. The van der Waals surface area contributed by atoms with Gasteiger partial charge in [-0.3, -0.25) is 4.79 Å². The van der Waals surface area contributed by atoms with Crippen molar-refractivity contribution in [1.82, 2.24) is 0 Å². The summed E-state index contributed by atoms with van der Waals surface area (Å²) < 4.78 is 17.6. The lowest BCUT2D eigenvalue weighted by atomic mass is 9.98. The van der Waals surface area contributed by atoms with Crippen molar-refractivity contribution in [3.63, 3.8) is 0 Å². The van der Waals surface area contributed by atoms with Crippen LogP contribution in [0, 0.1) is 5.82 Å². The van der Waals surface area contributed by atoms with Gasteiger partial charge in [-0.1, -0.05) is 24.6 Å². The van der Waals surface area contributed by atoms with Crippen molar-refractivity contribution >= 4 is 17.6 Å². The maximum absolute atomic E-state index is 13.1. The molecule has 2 nitrogen and oxygen atoms in total. The van der Waals surface area contributed by atoms with Gasteiger partial charge in [-0.2, -0.15) is 0 Å². The Hall–Kier alpha value is -1.09. The maximum atomic E-state index is 13.1. The number of hydrogen-bond donors (Lipinski definition) is 0. The molecule has 0 fully saturated rings. The first-order valence-electron chi connectivity index (χ1n) is 4.56. The molecular weight excluding hydrogens is 219 g/mol. The SMILES string of the molecule is COC(=O)CC(C)c1ccc(Cl)c(F)c1. The van der Waals surface area contributed by atoms with Crippen LogP contribution in [0.1, 0.15) is 24.8 Å². The smallest absolute Gasteiger partial charge is 0.306 e. The first kappa shape index (κ1) is 12.0. The molecule has 4 heteroatoms. The van der Waals surface area contributed by atoms with E-state index in [1.807, 2.05) is 6.92 Å². The Bertz CT molecular complexity index is 366. The molecule has 0 heterocycles. The molecule has 0 aromatic heterocycles. The number of hydrogen-bond acceptors (Lipinski definition) is 2. The maximum Gasteiger partial charge on any atom is 0.306 e. The molecule has 1 unspecified atom stereocenters. The standard InChI is InChI=1S/C11H12ClFO2/c1-7(5-11(14)15-2)8-3-4-9(12)10(13)6-8/h3-4,6-7H,5H2,1-2H3. The largest absolute Gasteiger partial charge is 0.469 e. The van der Waals surface area contributed by atoms with Crippen molar-refractivity contribution < 1.29 is 13.9 Å². The van der Waals surface area contributed by atoms with Crippen molar-refractivity contribution in [3.05, 3.63) is 34.6 Å². The lowest BCUT2D eigenvalue weighted by Crippen LogP contribution is -2.06. The van der Waals surface area contributed by atoms with Gasteiger partial charge in [0.05, 0.1) is 18.6 Å². The van der Waals surface area contributed by atoms with E-state index in [0.717, 1.165) is 5.56 Å². The lowest BCUT2D eigenvalue weighted by Gasteiger charge is -2.10. The lowest BCUT2D eigenvalue weighted by molar-refractivity contribution is -0.140. The third-order valence-corrected chi connectivity index (χ3v) is 2.52. The molecule has 1 aromatic rings. The molecule has 0 bridgehead atoms. The van der Waals surface area contributed by atoms with Gasteiger partial charge in [0.25, 0.3) is 0 Å². The predicted octanol–water partition coefficient (Wildman–Crippen LogP) is 3.15. The second-order valence-corrected chi connectivity index (χ2v) is 3.76. The van der Waals surface area contributed by atoms with E-state index in [0.29, 0.717) is 0 Å². The zero-order chi connectivity index (χ0) is 11.4. The first-order valence-corrected chi connectivity index (χ1v) is 4.94. The first-order chi connectivity index (χ1) is 7.04. The van der Waals surface area contributed by atoms with Gasteiger partial charge >= 0.3 is 5.97 Å². The van der Waals surface area contributed by atoms with Crippen LogP contribution in [0.4, 0.5) is 4.39 Å². The fourth-order valence-electron chi connectivity index (χ4n) is 1.27. The van der Waals surface area contributed by atoms with Crippen LogP contribution in [0.5, 0.6) is 0 Å². The molecule has 1 rings (SSSR count). The number of halogens is 2. The summed E-state index contributed by atoms with van der Waals surface area (Å²) in [6.45, 7) is 1.83. The van der Waals surface area contributed by atoms with E-state index in [1.54, 1.807) is 6.07 Å². The Morgan fingerprint density at radius 2 is 2.27 bits per heavy atom. The number of rotatable bonds is 3. The van der Waals surface area contributed by atoms with E-state index in [9.17, 15) is 9.18 Å². The van der Waals surface area contributed by atoms with Crippen molar-refractivity contribution in [3.8, 4) is 0 Å². The Morgan fingerprint density at radius 3 is 2.80 bits per heavy atom. The number of methoxy groups -OCH3 is 1. The summed E-state index contributed by atoms with van der Waals surface area (Å²) in [5, 5.41) is 0.0871. The van der Waals surface area contributed by atoms with E-state index in [4.69, 9.17) is 11.6 Å². The Kier molecular flexibility index (Phi) is 4.09. The summed E-state index contributed by atoms with van der Waals surface area (Å²) in [6, 6.07) is 4.54. The highest BCUT2D eigenvalue weighted by molar-refractivity contribution is 6.30. The highest BCUT2D eigenvalue weighted by Crippen LogP contribution is 2.23. The molecule has 0 N–H and O–H groups in total. The molecule has 1 atom stereocenters. The van der Waals surface area contributed by atoms with Crippen LogP contribution in [-0.4, -0.2) is 13.1 Å². The summed E-state index contributed by atoms with van der Waals surface area (Å²) in [5.74, 6) is -0.854. The minimum Gasteiger partial charge on any atom is -0.469 e. The summed E-state index contributed by atoms with van der Waals surface area (Å²) in [7, 11) is 1.33. The molecular formula is C11H12ClFO2. The molecule has 1 aromatic carbocycles. The summed E-state index contributed by atoms with van der Waals surface area (Å²) in [6.07, 6.45) is 0.234. The Balaban J connectivity index is 2.78. The quantitative estimate of drug-likeness (QED) is 0.746. The minimum atomic E-state index is -0.467. The molecule has 0 radical (unpaired) electrons. The van der Waals surface area contributed by atoms with Crippen LogP contribution in [0.15, 0.2) is 18.2 Å². The van der Waals surface area contributed by atoms with E-state index in [-0.39, 0.29) is 23.3 Å². The van der Waals surface area contributed by atoms with E-state index < -0.39 is 5.82 Å². The van der Waals surface area contributed by atoms with Gasteiger partial charge in [0.15, 0.2) is 0 Å². The highest BCUT2D eigenvalue weighted by atomic mass is 35.5. The number of benzene rings is 1. The van der Waals surface area contributed by atoms with Gasteiger partial charge < -0.3 is 4.74 Å². The van der Waals surface area contributed by atoms with Crippen LogP contribution >= 0.6 is 11.6 Å². The van der Waals surface area contributed by atoms with E-state index in [1.165, 1.54) is 19.2 Å². The Labute approximate surface area is 93.0 Å². The third-order valence-electron chi connectivity index (χ3n) is 2.21. The predicted molar refractivity (Wildman–Crippen MR) is 56.5 cm³/mol. The fourth-order valence-corrected chi connectivity index (χ4v) is 1.39. The van der Waals surface area contributed by atoms with Gasteiger partial charge in [0.1, 0.15) is 5.82 Å².